The minimum Gasteiger partial charge on any atom is -0.395 e. The maximum Gasteiger partial charge on any atom is 0.332 e. The van der Waals surface area contributed by atoms with Gasteiger partial charge in [-0.1, -0.05) is 4.33 Å². The lowest BCUT2D eigenvalue weighted by atomic mass is 10.3. The third-order valence-electron chi connectivity index (χ3n) is 1.28. The van der Waals surface area contributed by atoms with Crippen LogP contribution in [0, 0.1) is 11.8 Å². The minimum absolute atomic E-state index is 0.0797. The molecule has 0 radical (unpaired) electrons. The second kappa shape index (κ2) is 8.06. The molecule has 0 aromatic heterocycles. The Hall–Kier alpha value is -1.14. The number of hydrogen-bond acceptors (Lipinski definition) is 7. The van der Waals surface area contributed by atoms with Crippen LogP contribution in [0.15, 0.2) is 0 Å². The molecule has 0 saturated carbocycles. The molecule has 0 saturated heterocycles. The molecular weight excluding hydrogens is 240 g/mol. The molecule has 0 aliphatic carbocycles. The summed E-state index contributed by atoms with van der Waals surface area (Å²) in [5.41, 5.74) is 0. The third kappa shape index (κ3) is 8.19. The zero-order valence-electron chi connectivity index (χ0n) is 8.33. The van der Waals surface area contributed by atoms with E-state index in [1.54, 1.807) is 0 Å². The molecule has 16 heavy (non-hydrogen) atoms. The van der Waals surface area contributed by atoms with Crippen LogP contribution in [-0.4, -0.2) is 43.6 Å². The predicted molar refractivity (Wildman–Crippen MR) is 52.1 cm³/mol. The van der Waals surface area contributed by atoms with Crippen molar-refractivity contribution in [2.45, 2.75) is 18.9 Å². The molecule has 0 spiro atoms. The number of carbonyl (C=O) groups is 1. The first kappa shape index (κ1) is 14.9. The van der Waals surface area contributed by atoms with Crippen molar-refractivity contribution >= 4 is 16.6 Å². The average Bonchev–Trinajstić information content (AvgIpc) is 2.21. The van der Waals surface area contributed by atoms with Gasteiger partial charge in [0, 0.05) is 12.8 Å². The molecule has 8 heteroatoms. The summed E-state index contributed by atoms with van der Waals surface area (Å²) < 4.78 is 25.6. The maximum atomic E-state index is 10.9. The van der Waals surface area contributed by atoms with Gasteiger partial charge in [0.2, 0.25) is 0 Å². The van der Waals surface area contributed by atoms with Gasteiger partial charge in [-0.15, -0.1) is 11.8 Å². The van der Waals surface area contributed by atoms with E-state index < -0.39 is 22.0 Å². The highest BCUT2D eigenvalue weighted by molar-refractivity contribution is 7.86. The smallest absolute Gasteiger partial charge is 0.332 e. The molecule has 0 aromatic carbocycles. The molecule has 1 atom stereocenters. The van der Waals surface area contributed by atoms with Crippen LogP contribution < -0.4 is 0 Å². The van der Waals surface area contributed by atoms with Gasteiger partial charge in [0.1, 0.15) is 5.75 Å². The molecule has 0 aliphatic rings. The van der Waals surface area contributed by atoms with Crippen LogP contribution in [0.3, 0.4) is 0 Å². The van der Waals surface area contributed by atoms with Crippen molar-refractivity contribution in [3.63, 3.8) is 0 Å². The van der Waals surface area contributed by atoms with E-state index in [0.717, 1.165) is 0 Å². The predicted octanol–water partition coefficient (Wildman–Crippen LogP) is -1.44. The second-order valence-corrected chi connectivity index (χ2v) is 4.25. The molecule has 1 unspecified atom stereocenters. The fourth-order valence-corrected chi connectivity index (χ4v) is 1.53. The van der Waals surface area contributed by atoms with Gasteiger partial charge in [0.05, 0.1) is 12.7 Å². The van der Waals surface area contributed by atoms with E-state index in [4.69, 9.17) is 5.11 Å². The van der Waals surface area contributed by atoms with Crippen LogP contribution >= 0.6 is 0 Å². The molecule has 2 N–H and O–H groups in total. The van der Waals surface area contributed by atoms with Crippen molar-refractivity contribution in [3.8, 4) is 11.8 Å². The normalized spacial score (nSPS) is 12.4. The van der Waals surface area contributed by atoms with E-state index in [1.165, 1.54) is 0 Å². The molecular formula is C8H12O7S. The summed E-state index contributed by atoms with van der Waals surface area (Å²) in [5, 5.41) is 17.6. The zero-order valence-corrected chi connectivity index (χ0v) is 9.14. The third-order valence-corrected chi connectivity index (χ3v) is 2.36. The highest BCUT2D eigenvalue weighted by Gasteiger charge is 2.18. The first-order valence-electron chi connectivity index (χ1n) is 4.27. The Morgan fingerprint density at radius 3 is 2.62 bits per heavy atom. The highest BCUT2D eigenvalue weighted by atomic mass is 32.2. The van der Waals surface area contributed by atoms with Gasteiger partial charge in [0.25, 0.3) is 0 Å². The molecule has 0 fully saturated rings. The average molecular weight is 252 g/mol. The van der Waals surface area contributed by atoms with E-state index >= 15 is 0 Å². The van der Waals surface area contributed by atoms with Crippen molar-refractivity contribution in [1.29, 1.82) is 0 Å². The van der Waals surface area contributed by atoms with Crippen LogP contribution in [-0.2, 0) is 24.1 Å². The van der Waals surface area contributed by atoms with Gasteiger partial charge >= 0.3 is 16.6 Å². The summed E-state index contributed by atoms with van der Waals surface area (Å²) in [6.45, 7) is -0.289. The van der Waals surface area contributed by atoms with Crippen molar-refractivity contribution in [2.24, 2.45) is 0 Å². The Kier molecular flexibility index (Phi) is 7.49. The largest absolute Gasteiger partial charge is 0.395 e. The van der Waals surface area contributed by atoms with Crippen LogP contribution in [0.25, 0.3) is 0 Å². The summed E-state index contributed by atoms with van der Waals surface area (Å²) in [7, 11) is -4.11. The molecule has 0 rings (SSSR count). The minimum atomic E-state index is -4.11. The van der Waals surface area contributed by atoms with Gasteiger partial charge in [-0.25, -0.2) is 0 Å². The van der Waals surface area contributed by atoms with Crippen molar-refractivity contribution in [3.05, 3.63) is 0 Å². The Morgan fingerprint density at radius 2 is 2.06 bits per heavy atom. The molecule has 0 bridgehead atoms. The van der Waals surface area contributed by atoms with Crippen LogP contribution in [0.5, 0.6) is 0 Å². The summed E-state index contributed by atoms with van der Waals surface area (Å²) in [4.78, 5) is 13.3. The highest BCUT2D eigenvalue weighted by Crippen LogP contribution is 2.00. The molecule has 0 amide bonds. The quantitative estimate of drug-likeness (QED) is 0.247. The molecule has 7 nitrogen and oxygen atoms in total. The Labute approximate surface area is 93.0 Å². The van der Waals surface area contributed by atoms with Gasteiger partial charge in [0.15, 0.2) is 0 Å². The Balaban J connectivity index is 4.00. The van der Waals surface area contributed by atoms with Gasteiger partial charge in [-0.2, -0.15) is 8.42 Å². The SMILES string of the molecule is O=COOS(=O)(=O)CC(O)CC#CCCO. The maximum absolute atomic E-state index is 10.9. The van der Waals surface area contributed by atoms with E-state index in [9.17, 15) is 18.3 Å². The summed E-state index contributed by atoms with van der Waals surface area (Å²) in [6.07, 6.45) is -1.07. The van der Waals surface area contributed by atoms with Crippen molar-refractivity contribution < 1.29 is 32.6 Å². The van der Waals surface area contributed by atoms with E-state index in [1.807, 2.05) is 0 Å². The van der Waals surface area contributed by atoms with Crippen molar-refractivity contribution in [2.75, 3.05) is 12.4 Å². The lowest BCUT2D eigenvalue weighted by Gasteiger charge is -2.05. The molecule has 0 aromatic rings. The fourth-order valence-electron chi connectivity index (χ4n) is 0.732. The van der Waals surface area contributed by atoms with E-state index in [0.29, 0.717) is 0 Å². The van der Waals surface area contributed by atoms with E-state index in [-0.39, 0.29) is 25.9 Å². The molecule has 92 valence electrons. The first-order valence-corrected chi connectivity index (χ1v) is 5.85. The first-order chi connectivity index (χ1) is 7.52. The van der Waals surface area contributed by atoms with Crippen LogP contribution in [0.1, 0.15) is 12.8 Å². The fraction of sp³-hybridized carbons (Fsp3) is 0.625. The number of aliphatic hydroxyl groups is 2. The summed E-state index contributed by atoms with van der Waals surface area (Å²) >= 11 is 0. The van der Waals surface area contributed by atoms with Gasteiger partial charge in [-0.3, -0.25) is 9.68 Å². The summed E-state index contributed by atoms with van der Waals surface area (Å²) in [6, 6.07) is 0. The number of rotatable bonds is 7. The zero-order chi connectivity index (χ0) is 12.4. The Morgan fingerprint density at radius 1 is 1.38 bits per heavy atom. The van der Waals surface area contributed by atoms with E-state index in [2.05, 4.69) is 21.1 Å². The van der Waals surface area contributed by atoms with Gasteiger partial charge in [-0.05, 0) is 0 Å². The van der Waals surface area contributed by atoms with Crippen LogP contribution in [0.4, 0.5) is 0 Å². The van der Waals surface area contributed by atoms with Crippen molar-refractivity contribution in [1.82, 2.24) is 0 Å². The topological polar surface area (TPSA) is 110 Å². The second-order valence-electron chi connectivity index (χ2n) is 2.67. The molecule has 0 aliphatic heterocycles. The summed E-state index contributed by atoms with van der Waals surface area (Å²) in [5.74, 6) is 4.26. The van der Waals surface area contributed by atoms with Gasteiger partial charge < -0.3 is 10.2 Å². The number of aliphatic hydroxyl groups excluding tert-OH is 2. The monoisotopic (exact) mass is 252 g/mol. The Bertz CT molecular complexity index is 350. The van der Waals surface area contributed by atoms with Crippen LogP contribution in [0.2, 0.25) is 0 Å². The standard InChI is InChI=1S/C8H12O7S/c9-5-3-1-2-4-8(11)6-16(12,13)15-14-7-10/h7-9,11H,3-6H2. The molecule has 0 heterocycles. The number of hydrogen-bond donors (Lipinski definition) is 2. The number of carbonyl (C=O) groups excluding carboxylic acids is 1. The lowest BCUT2D eigenvalue weighted by molar-refractivity contribution is -0.194. The lowest BCUT2D eigenvalue weighted by Crippen LogP contribution is -2.22.